The summed E-state index contributed by atoms with van der Waals surface area (Å²) in [5.74, 6) is 0. The van der Waals surface area contributed by atoms with Gasteiger partial charge in [0.05, 0.1) is 0 Å². The Labute approximate surface area is 76.0 Å². The first-order valence-corrected chi connectivity index (χ1v) is 4.28. The fraction of sp³-hybridized carbons (Fsp3) is 0. The second kappa shape index (κ2) is 2.55. The molecule has 0 saturated carbocycles. The molecule has 0 saturated heterocycles. The average Bonchev–Trinajstić information content (AvgIpc) is 2.27. The van der Waals surface area contributed by atoms with Crippen LogP contribution in [0.1, 0.15) is 0 Å². The van der Waals surface area contributed by atoms with Crippen LogP contribution < -0.4 is 0 Å². The van der Waals surface area contributed by atoms with Crippen molar-refractivity contribution >= 4 is 44.9 Å². The molecule has 0 aromatic carbocycles. The van der Waals surface area contributed by atoms with Crippen molar-refractivity contribution < 1.29 is 0 Å². The number of aromatic nitrogens is 3. The van der Waals surface area contributed by atoms with Gasteiger partial charge in [-0.15, -0.1) is 10.2 Å². The predicted molar refractivity (Wildman–Crippen MR) is 45.2 cm³/mol. The van der Waals surface area contributed by atoms with Gasteiger partial charge in [-0.2, -0.15) is 0 Å². The molecule has 0 atom stereocenters. The molecule has 2 aromatic rings. The first-order chi connectivity index (χ1) is 5.25. The largest absolute Gasteiger partial charge is 0.223 e. The maximum atomic E-state index is 5.63. The Balaban J connectivity index is 2.82. The van der Waals surface area contributed by atoms with Crippen molar-refractivity contribution in [2.24, 2.45) is 0 Å². The molecule has 6 heteroatoms. The number of fused-ring (bicyclic) bond motifs is 1. The molecule has 2 rings (SSSR count). The highest BCUT2D eigenvalue weighted by Gasteiger charge is 2.03. The van der Waals surface area contributed by atoms with E-state index < -0.39 is 0 Å². The van der Waals surface area contributed by atoms with Crippen LogP contribution in [-0.2, 0) is 0 Å². The number of halogens is 2. The minimum Gasteiger partial charge on any atom is -0.223 e. The van der Waals surface area contributed by atoms with Gasteiger partial charge in [0, 0.05) is 6.07 Å². The van der Waals surface area contributed by atoms with Crippen molar-refractivity contribution in [1.82, 2.24) is 15.2 Å². The topological polar surface area (TPSA) is 38.7 Å². The van der Waals surface area contributed by atoms with E-state index in [4.69, 9.17) is 23.2 Å². The lowest BCUT2D eigenvalue weighted by Gasteiger charge is -1.84. The van der Waals surface area contributed by atoms with Gasteiger partial charge < -0.3 is 0 Å². The number of hydrogen-bond acceptors (Lipinski definition) is 4. The Morgan fingerprint density at radius 3 is 2.91 bits per heavy atom. The summed E-state index contributed by atoms with van der Waals surface area (Å²) < 4.78 is 0.455. The standard InChI is InChI=1S/C5HCl2N3S/c6-3-1-2-4(10-9-3)11-5(7)8-2/h1H. The van der Waals surface area contributed by atoms with Crippen molar-refractivity contribution in [3.8, 4) is 0 Å². The van der Waals surface area contributed by atoms with Gasteiger partial charge in [0.15, 0.2) is 14.5 Å². The molecule has 0 radical (unpaired) electrons. The van der Waals surface area contributed by atoms with Gasteiger partial charge in [-0.1, -0.05) is 34.5 Å². The van der Waals surface area contributed by atoms with Gasteiger partial charge in [-0.05, 0) is 0 Å². The first-order valence-electron chi connectivity index (χ1n) is 2.71. The lowest BCUT2D eigenvalue weighted by atomic mass is 10.5. The second-order valence-electron chi connectivity index (χ2n) is 1.82. The van der Waals surface area contributed by atoms with Gasteiger partial charge in [0.25, 0.3) is 0 Å². The maximum Gasteiger partial charge on any atom is 0.186 e. The zero-order valence-corrected chi connectivity index (χ0v) is 7.41. The van der Waals surface area contributed by atoms with Crippen LogP contribution >= 0.6 is 34.5 Å². The molecular formula is C5HCl2N3S. The molecule has 2 heterocycles. The highest BCUT2D eigenvalue weighted by Crippen LogP contribution is 2.23. The summed E-state index contributed by atoms with van der Waals surface area (Å²) >= 11 is 12.5. The van der Waals surface area contributed by atoms with Crippen LogP contribution in [0.15, 0.2) is 6.07 Å². The number of rotatable bonds is 0. The summed E-state index contributed by atoms with van der Waals surface area (Å²) in [4.78, 5) is 4.68. The van der Waals surface area contributed by atoms with E-state index in [2.05, 4.69) is 15.2 Å². The molecule has 0 aliphatic heterocycles. The van der Waals surface area contributed by atoms with E-state index in [1.54, 1.807) is 6.07 Å². The van der Waals surface area contributed by atoms with Gasteiger partial charge in [-0.25, -0.2) is 4.98 Å². The molecule has 0 aliphatic rings. The fourth-order valence-electron chi connectivity index (χ4n) is 0.698. The van der Waals surface area contributed by atoms with Crippen LogP contribution in [0, 0.1) is 0 Å². The second-order valence-corrected chi connectivity index (χ2v) is 3.77. The lowest BCUT2D eigenvalue weighted by Crippen LogP contribution is -1.79. The molecule has 0 unspecified atom stereocenters. The zero-order valence-electron chi connectivity index (χ0n) is 5.08. The lowest BCUT2D eigenvalue weighted by molar-refractivity contribution is 1.08. The highest BCUT2D eigenvalue weighted by atomic mass is 35.5. The monoisotopic (exact) mass is 205 g/mol. The summed E-state index contributed by atoms with van der Waals surface area (Å²) in [5.41, 5.74) is 0.694. The van der Waals surface area contributed by atoms with Crippen LogP contribution in [0.2, 0.25) is 9.62 Å². The van der Waals surface area contributed by atoms with Crippen LogP contribution in [0.3, 0.4) is 0 Å². The third kappa shape index (κ3) is 1.29. The predicted octanol–water partition coefficient (Wildman–Crippen LogP) is 2.39. The van der Waals surface area contributed by atoms with Gasteiger partial charge in [0.2, 0.25) is 0 Å². The van der Waals surface area contributed by atoms with Crippen LogP contribution in [0.4, 0.5) is 0 Å². The molecule has 0 bridgehead atoms. The van der Waals surface area contributed by atoms with Crippen LogP contribution in [-0.4, -0.2) is 15.2 Å². The fourth-order valence-corrected chi connectivity index (χ4v) is 1.74. The van der Waals surface area contributed by atoms with Gasteiger partial charge >= 0.3 is 0 Å². The van der Waals surface area contributed by atoms with E-state index in [9.17, 15) is 0 Å². The quantitative estimate of drug-likeness (QED) is 0.664. The van der Waals surface area contributed by atoms with Crippen molar-refractivity contribution in [3.05, 3.63) is 15.7 Å². The van der Waals surface area contributed by atoms with E-state index >= 15 is 0 Å². The first kappa shape index (κ1) is 7.21. The Hall–Kier alpha value is -0.450. The van der Waals surface area contributed by atoms with E-state index in [1.807, 2.05) is 0 Å². The molecule has 0 amide bonds. The molecule has 0 N–H and O–H groups in total. The van der Waals surface area contributed by atoms with E-state index in [1.165, 1.54) is 11.3 Å². The third-order valence-electron chi connectivity index (χ3n) is 1.10. The van der Waals surface area contributed by atoms with Gasteiger partial charge in [-0.3, -0.25) is 0 Å². The summed E-state index contributed by atoms with van der Waals surface area (Å²) in [5, 5.41) is 7.77. The van der Waals surface area contributed by atoms with E-state index in [0.717, 1.165) is 0 Å². The van der Waals surface area contributed by atoms with Crippen LogP contribution in [0.25, 0.3) is 10.3 Å². The number of hydrogen-bond donors (Lipinski definition) is 0. The van der Waals surface area contributed by atoms with Gasteiger partial charge in [0.1, 0.15) is 5.52 Å². The smallest absolute Gasteiger partial charge is 0.186 e. The summed E-state index contributed by atoms with van der Waals surface area (Å²) in [6.07, 6.45) is 0. The number of thiazole rings is 1. The SMILES string of the molecule is Clc1cc2nc(Cl)sc2nn1. The molecule has 2 aromatic heterocycles. The highest BCUT2D eigenvalue weighted by molar-refractivity contribution is 7.21. The summed E-state index contributed by atoms with van der Waals surface area (Å²) in [6.45, 7) is 0. The molecule has 3 nitrogen and oxygen atoms in total. The van der Waals surface area contributed by atoms with E-state index in [0.29, 0.717) is 20.0 Å². The van der Waals surface area contributed by atoms with Crippen molar-refractivity contribution in [2.75, 3.05) is 0 Å². The molecule has 0 aliphatic carbocycles. The Morgan fingerprint density at radius 2 is 2.09 bits per heavy atom. The molecule has 56 valence electrons. The summed E-state index contributed by atoms with van der Waals surface area (Å²) in [7, 11) is 0. The minimum atomic E-state index is 0.333. The van der Waals surface area contributed by atoms with E-state index in [-0.39, 0.29) is 0 Å². The minimum absolute atomic E-state index is 0.333. The van der Waals surface area contributed by atoms with Crippen molar-refractivity contribution in [1.29, 1.82) is 0 Å². The zero-order chi connectivity index (χ0) is 7.84. The Morgan fingerprint density at radius 1 is 1.27 bits per heavy atom. The third-order valence-corrected chi connectivity index (χ3v) is 2.35. The Kier molecular flexibility index (Phi) is 1.67. The molecular weight excluding hydrogens is 205 g/mol. The molecule has 0 spiro atoms. The van der Waals surface area contributed by atoms with Crippen LogP contribution in [0.5, 0.6) is 0 Å². The van der Waals surface area contributed by atoms with Crippen molar-refractivity contribution in [3.63, 3.8) is 0 Å². The maximum absolute atomic E-state index is 5.63. The average molecular weight is 206 g/mol. The number of nitrogens with zero attached hydrogens (tertiary/aromatic N) is 3. The Bertz CT molecular complexity index is 400. The normalized spacial score (nSPS) is 10.7. The molecule has 11 heavy (non-hydrogen) atoms. The molecule has 0 fully saturated rings. The summed E-state index contributed by atoms with van der Waals surface area (Å²) in [6, 6.07) is 1.63. The van der Waals surface area contributed by atoms with Crippen molar-refractivity contribution in [2.45, 2.75) is 0 Å².